The van der Waals surface area contributed by atoms with E-state index < -0.39 is 0 Å². The van der Waals surface area contributed by atoms with Crippen LogP contribution in [0, 0.1) is 0 Å². The van der Waals surface area contributed by atoms with Gasteiger partial charge in [-0.1, -0.05) is 65.2 Å². The fourth-order valence-corrected chi connectivity index (χ4v) is 3.26. The maximum atomic E-state index is 12.2. The van der Waals surface area contributed by atoms with Crippen molar-refractivity contribution >= 4 is 5.91 Å². The monoisotopic (exact) mass is 343 g/mol. The summed E-state index contributed by atoms with van der Waals surface area (Å²) in [6, 6.07) is 0. The lowest BCUT2D eigenvalue weighted by molar-refractivity contribution is -0.917. The normalized spacial score (nSPS) is 13.0. The van der Waals surface area contributed by atoms with Crippen LogP contribution >= 0.6 is 0 Å². The van der Waals surface area contributed by atoms with Crippen LogP contribution in [-0.4, -0.2) is 48.9 Å². The minimum absolute atomic E-state index is 0.141. The summed E-state index contributed by atoms with van der Waals surface area (Å²) >= 11 is 0. The number of unbranched alkanes of at least 4 members (excludes halogenated alkanes) is 8. The van der Waals surface area contributed by atoms with E-state index in [1.807, 2.05) is 0 Å². The fraction of sp³-hybridized carbons (Fsp3) is 0.950. The van der Waals surface area contributed by atoms with Crippen LogP contribution in [0.1, 0.15) is 90.9 Å². The Kier molecular flexibility index (Phi) is 14.3. The molecule has 0 spiro atoms. The number of hydrogen-bond donors (Lipinski definition) is 2. The van der Waals surface area contributed by atoms with Gasteiger partial charge in [0.15, 0.2) is 6.17 Å². The second-order valence-corrected chi connectivity index (χ2v) is 7.65. The van der Waals surface area contributed by atoms with Gasteiger partial charge in [0.25, 0.3) is 0 Å². The predicted molar refractivity (Wildman–Crippen MR) is 103 cm³/mol. The molecule has 0 saturated heterocycles. The molecule has 0 radical (unpaired) electrons. The first-order valence-corrected chi connectivity index (χ1v) is 10.2. The number of amides is 1. The van der Waals surface area contributed by atoms with Crippen LogP contribution in [0.4, 0.5) is 0 Å². The first kappa shape index (κ1) is 23.4. The third-order valence-corrected chi connectivity index (χ3v) is 4.96. The number of carbonyl (C=O) groups is 1. The summed E-state index contributed by atoms with van der Waals surface area (Å²) in [5.41, 5.74) is 0. The molecule has 0 aliphatic carbocycles. The third-order valence-electron chi connectivity index (χ3n) is 4.96. The van der Waals surface area contributed by atoms with E-state index in [1.54, 1.807) is 0 Å². The van der Waals surface area contributed by atoms with E-state index in [-0.39, 0.29) is 18.7 Å². The van der Waals surface area contributed by atoms with E-state index in [1.165, 1.54) is 51.4 Å². The summed E-state index contributed by atoms with van der Waals surface area (Å²) in [6.45, 7) is 5.46. The summed E-state index contributed by atoms with van der Waals surface area (Å²) in [7, 11) is 4.26. The number of nitrogens with zero attached hydrogens (tertiary/aromatic N) is 1. The molecule has 24 heavy (non-hydrogen) atoms. The molecular formula is C20H43N2O2+. The molecule has 0 rings (SSSR count). The molecule has 0 aliphatic rings. The van der Waals surface area contributed by atoms with Crippen molar-refractivity contribution in [1.82, 2.24) is 5.32 Å². The standard InChI is InChI=1S/C20H42N2O2/c1-5-7-8-9-10-11-12-13-14-16-20(24)21-19(6-2)22(3,4)17-15-18-23/h19,23H,5-18H2,1-4H3/p+1. The molecule has 144 valence electrons. The molecule has 0 aromatic carbocycles. The molecule has 0 bridgehead atoms. The van der Waals surface area contributed by atoms with Crippen molar-refractivity contribution in [1.29, 1.82) is 0 Å². The topological polar surface area (TPSA) is 49.3 Å². The van der Waals surface area contributed by atoms with Gasteiger partial charge in [-0.2, -0.15) is 0 Å². The Bertz CT molecular complexity index is 306. The number of rotatable bonds is 16. The van der Waals surface area contributed by atoms with Gasteiger partial charge in [0.05, 0.1) is 20.6 Å². The number of nitrogens with one attached hydrogen (secondary N) is 1. The van der Waals surface area contributed by atoms with Crippen molar-refractivity contribution in [2.24, 2.45) is 0 Å². The average molecular weight is 344 g/mol. The maximum Gasteiger partial charge on any atom is 0.224 e. The van der Waals surface area contributed by atoms with Gasteiger partial charge >= 0.3 is 0 Å². The van der Waals surface area contributed by atoms with E-state index in [2.05, 4.69) is 33.3 Å². The highest BCUT2D eigenvalue weighted by atomic mass is 16.3. The maximum absolute atomic E-state index is 12.2. The van der Waals surface area contributed by atoms with E-state index in [9.17, 15) is 4.79 Å². The van der Waals surface area contributed by atoms with Crippen molar-refractivity contribution in [3.8, 4) is 0 Å². The van der Waals surface area contributed by atoms with Crippen LogP contribution < -0.4 is 5.32 Å². The van der Waals surface area contributed by atoms with Crippen molar-refractivity contribution < 1.29 is 14.4 Å². The zero-order valence-corrected chi connectivity index (χ0v) is 16.8. The molecule has 0 fully saturated rings. The van der Waals surface area contributed by atoms with Gasteiger partial charge < -0.3 is 14.9 Å². The minimum atomic E-state index is 0.141. The molecule has 1 unspecified atom stereocenters. The summed E-state index contributed by atoms with van der Waals surface area (Å²) in [5, 5.41) is 12.2. The molecule has 0 aliphatic heterocycles. The molecule has 4 nitrogen and oxygen atoms in total. The molecule has 2 N–H and O–H groups in total. The van der Waals surface area contributed by atoms with Gasteiger partial charge in [0.1, 0.15) is 0 Å². The lowest BCUT2D eigenvalue weighted by Crippen LogP contribution is -2.57. The van der Waals surface area contributed by atoms with Crippen LogP contribution in [0.5, 0.6) is 0 Å². The van der Waals surface area contributed by atoms with Crippen LogP contribution in [0.2, 0.25) is 0 Å². The Hall–Kier alpha value is -0.610. The zero-order chi connectivity index (χ0) is 18.3. The molecular weight excluding hydrogens is 300 g/mol. The van der Waals surface area contributed by atoms with Gasteiger partial charge in [0, 0.05) is 25.9 Å². The molecule has 0 saturated carbocycles. The summed E-state index contributed by atoms with van der Waals surface area (Å²) in [5.74, 6) is 0.181. The largest absolute Gasteiger partial charge is 0.396 e. The average Bonchev–Trinajstić information content (AvgIpc) is 2.56. The Morgan fingerprint density at radius 1 is 0.917 bits per heavy atom. The van der Waals surface area contributed by atoms with Crippen LogP contribution in [0.15, 0.2) is 0 Å². The van der Waals surface area contributed by atoms with Crippen molar-refractivity contribution in [2.45, 2.75) is 97.1 Å². The molecule has 0 aromatic rings. The molecule has 1 amide bonds. The Labute approximate surface area is 150 Å². The zero-order valence-electron chi connectivity index (χ0n) is 16.8. The van der Waals surface area contributed by atoms with Crippen LogP contribution in [-0.2, 0) is 4.79 Å². The second-order valence-electron chi connectivity index (χ2n) is 7.65. The van der Waals surface area contributed by atoms with Gasteiger partial charge in [-0.15, -0.1) is 0 Å². The lowest BCUT2D eigenvalue weighted by Gasteiger charge is -2.37. The summed E-state index contributed by atoms with van der Waals surface area (Å²) in [6.07, 6.45) is 14.0. The predicted octanol–water partition coefficient (Wildman–Crippen LogP) is 4.22. The smallest absolute Gasteiger partial charge is 0.224 e. The van der Waals surface area contributed by atoms with Crippen molar-refractivity contribution in [3.05, 3.63) is 0 Å². The van der Waals surface area contributed by atoms with E-state index in [0.717, 1.165) is 30.3 Å². The van der Waals surface area contributed by atoms with E-state index >= 15 is 0 Å². The van der Waals surface area contributed by atoms with Crippen molar-refractivity contribution in [2.75, 3.05) is 27.2 Å². The third kappa shape index (κ3) is 11.9. The SMILES string of the molecule is CCCCCCCCCCCC(=O)NC(CC)[N+](C)(C)CCCO. The number of carbonyl (C=O) groups excluding carboxylic acids is 1. The van der Waals surface area contributed by atoms with Crippen LogP contribution in [0.3, 0.4) is 0 Å². The number of quaternary nitrogens is 1. The summed E-state index contributed by atoms with van der Waals surface area (Å²) < 4.78 is 0.737. The van der Waals surface area contributed by atoms with Gasteiger partial charge in [-0.25, -0.2) is 0 Å². The van der Waals surface area contributed by atoms with Gasteiger partial charge in [-0.3, -0.25) is 4.79 Å². The van der Waals surface area contributed by atoms with E-state index in [0.29, 0.717) is 6.42 Å². The highest BCUT2D eigenvalue weighted by Crippen LogP contribution is 2.12. The molecule has 1 atom stereocenters. The first-order chi connectivity index (χ1) is 11.5. The van der Waals surface area contributed by atoms with E-state index in [4.69, 9.17) is 5.11 Å². The Balaban J connectivity index is 3.79. The number of aliphatic hydroxyl groups excluding tert-OH is 1. The quantitative estimate of drug-likeness (QED) is 0.250. The number of aliphatic hydroxyl groups is 1. The second kappa shape index (κ2) is 14.7. The minimum Gasteiger partial charge on any atom is -0.396 e. The highest BCUT2D eigenvalue weighted by molar-refractivity contribution is 5.75. The molecule has 4 heteroatoms. The first-order valence-electron chi connectivity index (χ1n) is 10.2. The van der Waals surface area contributed by atoms with Gasteiger partial charge in [0.2, 0.25) is 5.91 Å². The van der Waals surface area contributed by atoms with Crippen molar-refractivity contribution in [3.63, 3.8) is 0 Å². The Morgan fingerprint density at radius 3 is 1.96 bits per heavy atom. The fourth-order valence-electron chi connectivity index (χ4n) is 3.26. The summed E-state index contributed by atoms with van der Waals surface area (Å²) in [4.78, 5) is 12.2. The number of hydrogen-bond acceptors (Lipinski definition) is 2. The lowest BCUT2D eigenvalue weighted by atomic mass is 10.1. The van der Waals surface area contributed by atoms with Crippen LogP contribution in [0.25, 0.3) is 0 Å². The van der Waals surface area contributed by atoms with Gasteiger partial charge in [-0.05, 0) is 6.42 Å². The Morgan fingerprint density at radius 2 is 1.46 bits per heavy atom. The molecule has 0 aromatic heterocycles. The molecule has 0 heterocycles. The highest BCUT2D eigenvalue weighted by Gasteiger charge is 2.27.